The summed E-state index contributed by atoms with van der Waals surface area (Å²) in [4.78, 5) is 0. The molecular formula is C15H15N3O. The highest BCUT2D eigenvalue weighted by atomic mass is 16.5. The Morgan fingerprint density at radius 1 is 1.26 bits per heavy atom. The summed E-state index contributed by atoms with van der Waals surface area (Å²) < 4.78 is 5.44. The van der Waals surface area contributed by atoms with Crippen molar-refractivity contribution in [1.82, 2.24) is 0 Å². The molecule has 0 aromatic heterocycles. The van der Waals surface area contributed by atoms with Gasteiger partial charge < -0.3 is 15.8 Å². The second-order valence-electron chi connectivity index (χ2n) is 3.97. The van der Waals surface area contributed by atoms with E-state index < -0.39 is 0 Å². The van der Waals surface area contributed by atoms with Crippen molar-refractivity contribution in [2.75, 3.05) is 17.7 Å². The van der Waals surface area contributed by atoms with Gasteiger partial charge in [-0.05, 0) is 37.3 Å². The van der Waals surface area contributed by atoms with Crippen molar-refractivity contribution in [1.29, 1.82) is 5.26 Å². The molecule has 96 valence electrons. The number of ether oxygens (including phenoxy) is 1. The van der Waals surface area contributed by atoms with Crippen LogP contribution in [-0.2, 0) is 0 Å². The van der Waals surface area contributed by atoms with E-state index in [1.54, 1.807) is 12.1 Å². The van der Waals surface area contributed by atoms with E-state index in [-0.39, 0.29) is 0 Å². The van der Waals surface area contributed by atoms with Gasteiger partial charge in [-0.2, -0.15) is 5.26 Å². The third kappa shape index (κ3) is 2.96. The van der Waals surface area contributed by atoms with Gasteiger partial charge in [-0.25, -0.2) is 0 Å². The lowest BCUT2D eigenvalue weighted by molar-refractivity contribution is 0.342. The van der Waals surface area contributed by atoms with Crippen LogP contribution in [0.5, 0.6) is 5.75 Å². The van der Waals surface area contributed by atoms with Crippen LogP contribution in [0.1, 0.15) is 12.5 Å². The molecule has 4 nitrogen and oxygen atoms in total. The van der Waals surface area contributed by atoms with E-state index in [1.165, 1.54) is 0 Å². The number of nitriles is 1. The highest BCUT2D eigenvalue weighted by Crippen LogP contribution is 2.31. The van der Waals surface area contributed by atoms with Gasteiger partial charge in [0.05, 0.1) is 29.6 Å². The van der Waals surface area contributed by atoms with Crippen LogP contribution in [0, 0.1) is 11.3 Å². The molecule has 2 aromatic carbocycles. The fraction of sp³-hybridized carbons (Fsp3) is 0.133. The summed E-state index contributed by atoms with van der Waals surface area (Å²) >= 11 is 0. The summed E-state index contributed by atoms with van der Waals surface area (Å²) in [5, 5.41) is 12.1. The number of nitrogens with one attached hydrogen (secondary N) is 1. The molecule has 0 spiro atoms. The van der Waals surface area contributed by atoms with Crippen LogP contribution in [0.25, 0.3) is 0 Å². The fourth-order valence-corrected chi connectivity index (χ4v) is 1.76. The lowest BCUT2D eigenvalue weighted by atomic mass is 10.2. The average Bonchev–Trinajstić information content (AvgIpc) is 2.44. The minimum Gasteiger partial charge on any atom is -0.492 e. The quantitative estimate of drug-likeness (QED) is 0.820. The monoisotopic (exact) mass is 253 g/mol. The number of nitrogens with two attached hydrogens (primary N) is 1. The molecule has 0 unspecified atom stereocenters. The van der Waals surface area contributed by atoms with E-state index in [2.05, 4.69) is 11.4 Å². The Labute approximate surface area is 112 Å². The van der Waals surface area contributed by atoms with Crippen molar-refractivity contribution < 1.29 is 4.74 Å². The molecule has 0 atom stereocenters. The van der Waals surface area contributed by atoms with E-state index in [0.717, 1.165) is 11.4 Å². The molecule has 2 aromatic rings. The van der Waals surface area contributed by atoms with Crippen molar-refractivity contribution in [3.05, 3.63) is 48.0 Å². The Bertz CT molecular complexity index is 617. The number of rotatable bonds is 4. The molecule has 4 heteroatoms. The third-order valence-electron chi connectivity index (χ3n) is 2.64. The minimum absolute atomic E-state index is 0.562. The van der Waals surface area contributed by atoms with E-state index in [9.17, 15) is 0 Å². The first kappa shape index (κ1) is 12.8. The average molecular weight is 253 g/mol. The topological polar surface area (TPSA) is 71.1 Å². The summed E-state index contributed by atoms with van der Waals surface area (Å²) in [6.07, 6.45) is 0. The SMILES string of the molecule is CCOc1cccc(Nc2cccc(C#N)c2)c1N. The second kappa shape index (κ2) is 5.78. The number of benzene rings is 2. The maximum atomic E-state index is 8.87. The zero-order chi connectivity index (χ0) is 13.7. The number of hydrogen-bond acceptors (Lipinski definition) is 4. The zero-order valence-corrected chi connectivity index (χ0v) is 10.7. The van der Waals surface area contributed by atoms with Gasteiger partial charge in [0, 0.05) is 5.69 Å². The Morgan fingerprint density at radius 2 is 2.05 bits per heavy atom. The standard InChI is InChI=1S/C15H15N3O/c1-2-19-14-8-4-7-13(15(14)17)18-12-6-3-5-11(9-12)10-16/h3-9,18H,2,17H2,1H3. The molecule has 0 bridgehead atoms. The number of nitrogens with zero attached hydrogens (tertiary/aromatic N) is 1. The predicted molar refractivity (Wildman–Crippen MR) is 76.5 cm³/mol. The van der Waals surface area contributed by atoms with Crippen molar-refractivity contribution in [2.45, 2.75) is 6.92 Å². The summed E-state index contributed by atoms with van der Waals surface area (Å²) in [5.41, 5.74) is 8.78. The number of anilines is 3. The predicted octanol–water partition coefficient (Wildman–Crippen LogP) is 3.28. The zero-order valence-electron chi connectivity index (χ0n) is 10.7. The van der Waals surface area contributed by atoms with Gasteiger partial charge in [0.25, 0.3) is 0 Å². The molecule has 0 saturated heterocycles. The van der Waals surface area contributed by atoms with Crippen molar-refractivity contribution in [3.63, 3.8) is 0 Å². The van der Waals surface area contributed by atoms with Crippen LogP contribution in [0.2, 0.25) is 0 Å². The van der Waals surface area contributed by atoms with Gasteiger partial charge >= 0.3 is 0 Å². The number of para-hydroxylation sites is 1. The van der Waals surface area contributed by atoms with Crippen LogP contribution in [0.3, 0.4) is 0 Å². The number of hydrogen-bond donors (Lipinski definition) is 2. The molecule has 19 heavy (non-hydrogen) atoms. The first-order valence-corrected chi connectivity index (χ1v) is 6.03. The van der Waals surface area contributed by atoms with Gasteiger partial charge in [-0.1, -0.05) is 12.1 Å². The molecular weight excluding hydrogens is 238 g/mol. The third-order valence-corrected chi connectivity index (χ3v) is 2.64. The van der Waals surface area contributed by atoms with E-state index in [1.807, 2.05) is 37.3 Å². The Kier molecular flexibility index (Phi) is 3.89. The second-order valence-corrected chi connectivity index (χ2v) is 3.97. The molecule has 2 rings (SSSR count). The Hall–Kier alpha value is -2.67. The molecule has 0 fully saturated rings. The summed E-state index contributed by atoms with van der Waals surface area (Å²) in [7, 11) is 0. The van der Waals surface area contributed by atoms with Gasteiger partial charge in [0.1, 0.15) is 5.75 Å². The van der Waals surface area contributed by atoms with Crippen LogP contribution < -0.4 is 15.8 Å². The van der Waals surface area contributed by atoms with Gasteiger partial charge in [-0.3, -0.25) is 0 Å². The molecule has 0 heterocycles. The molecule has 3 N–H and O–H groups in total. The van der Waals surface area contributed by atoms with Crippen LogP contribution in [-0.4, -0.2) is 6.61 Å². The largest absolute Gasteiger partial charge is 0.492 e. The first-order valence-electron chi connectivity index (χ1n) is 6.03. The molecule has 0 aliphatic carbocycles. The lowest BCUT2D eigenvalue weighted by Gasteiger charge is -2.13. The highest BCUT2D eigenvalue weighted by molar-refractivity contribution is 5.77. The minimum atomic E-state index is 0.562. The summed E-state index contributed by atoms with van der Waals surface area (Å²) in [6, 6.07) is 14.9. The molecule has 0 saturated carbocycles. The van der Waals surface area contributed by atoms with Crippen molar-refractivity contribution >= 4 is 17.1 Å². The van der Waals surface area contributed by atoms with E-state index in [0.29, 0.717) is 23.6 Å². The maximum absolute atomic E-state index is 8.87. The van der Waals surface area contributed by atoms with Crippen molar-refractivity contribution in [2.24, 2.45) is 0 Å². The van der Waals surface area contributed by atoms with Gasteiger partial charge in [0.2, 0.25) is 0 Å². The van der Waals surface area contributed by atoms with Gasteiger partial charge in [0.15, 0.2) is 0 Å². The first-order chi connectivity index (χ1) is 9.24. The smallest absolute Gasteiger partial charge is 0.144 e. The highest BCUT2D eigenvalue weighted by Gasteiger charge is 2.06. The Morgan fingerprint density at radius 3 is 2.79 bits per heavy atom. The van der Waals surface area contributed by atoms with E-state index >= 15 is 0 Å². The van der Waals surface area contributed by atoms with Crippen LogP contribution in [0.15, 0.2) is 42.5 Å². The fourth-order valence-electron chi connectivity index (χ4n) is 1.76. The maximum Gasteiger partial charge on any atom is 0.144 e. The van der Waals surface area contributed by atoms with Crippen LogP contribution >= 0.6 is 0 Å². The molecule has 0 radical (unpaired) electrons. The van der Waals surface area contributed by atoms with Crippen molar-refractivity contribution in [3.8, 4) is 11.8 Å². The number of nitrogen functional groups attached to an aromatic ring is 1. The lowest BCUT2D eigenvalue weighted by Crippen LogP contribution is -2.01. The molecule has 0 aliphatic rings. The molecule has 0 amide bonds. The summed E-state index contributed by atoms with van der Waals surface area (Å²) in [6.45, 7) is 2.48. The van der Waals surface area contributed by atoms with Gasteiger partial charge in [-0.15, -0.1) is 0 Å². The molecule has 0 aliphatic heterocycles. The Balaban J connectivity index is 2.28. The summed E-state index contributed by atoms with van der Waals surface area (Å²) in [5.74, 6) is 0.656. The van der Waals surface area contributed by atoms with Crippen LogP contribution in [0.4, 0.5) is 17.1 Å². The normalized spacial score (nSPS) is 9.68. The van der Waals surface area contributed by atoms with E-state index in [4.69, 9.17) is 15.7 Å².